The monoisotopic (exact) mass is 351 g/mol. The van der Waals surface area contributed by atoms with Crippen molar-refractivity contribution in [3.63, 3.8) is 0 Å². The number of hydrogen-bond acceptors (Lipinski definition) is 1. The molecule has 1 heteroatoms. The molecule has 0 saturated carbocycles. The summed E-state index contributed by atoms with van der Waals surface area (Å²) in [4.78, 5) is 0. The fraction of sp³-hybridized carbons (Fsp3) is 0.875. The van der Waals surface area contributed by atoms with Crippen molar-refractivity contribution >= 4 is 0 Å². The Bertz CT molecular complexity index is 246. The smallest absolute Gasteiger partial charge is 0.0431 e. The molecule has 0 spiro atoms. The van der Waals surface area contributed by atoms with Gasteiger partial charge in [-0.3, -0.25) is 0 Å². The molecule has 0 aliphatic carbocycles. The summed E-state index contributed by atoms with van der Waals surface area (Å²) in [5.74, 6) is 0. The molecule has 1 nitrogen and oxygen atoms in total. The first-order valence-electron chi connectivity index (χ1n) is 11.5. The summed E-state index contributed by atoms with van der Waals surface area (Å²) in [6, 6.07) is 0. The summed E-state index contributed by atoms with van der Waals surface area (Å²) in [6.07, 6.45) is 31.5. The van der Waals surface area contributed by atoms with E-state index >= 15 is 0 Å². The number of aliphatic hydroxyl groups is 1. The van der Waals surface area contributed by atoms with Gasteiger partial charge >= 0.3 is 0 Å². The predicted octanol–water partition coefficient (Wildman–Crippen LogP) is 8.17. The highest BCUT2D eigenvalue weighted by Gasteiger charge is 1.93. The molecular formula is C24H47O. The second kappa shape index (κ2) is 23.7. The van der Waals surface area contributed by atoms with Gasteiger partial charge in [-0.2, -0.15) is 0 Å². The van der Waals surface area contributed by atoms with Crippen LogP contribution in [0.15, 0.2) is 12.2 Å². The van der Waals surface area contributed by atoms with Crippen LogP contribution >= 0.6 is 0 Å². The Balaban J connectivity index is 3.03. The van der Waals surface area contributed by atoms with E-state index in [2.05, 4.69) is 19.1 Å². The van der Waals surface area contributed by atoms with Crippen LogP contribution in [0.2, 0.25) is 0 Å². The highest BCUT2D eigenvalue weighted by Crippen LogP contribution is 2.13. The standard InChI is InChI=1S/C24H47O/c1-2-3-4-5-6-7-8-9-10-11-12-13-14-15-16-17-18-19-20-21-22-23-24-25/h15-16,25H,1-14,17-24H2/b16-15-. The third-order valence-electron chi connectivity index (χ3n) is 5.07. The zero-order valence-electron chi connectivity index (χ0n) is 17.2. The number of hydrogen-bond donors (Lipinski definition) is 1. The number of allylic oxidation sites excluding steroid dienone is 2. The summed E-state index contributed by atoms with van der Waals surface area (Å²) < 4.78 is 0. The fourth-order valence-electron chi connectivity index (χ4n) is 3.35. The summed E-state index contributed by atoms with van der Waals surface area (Å²) in [5.41, 5.74) is 0. The van der Waals surface area contributed by atoms with E-state index in [0.717, 1.165) is 12.8 Å². The Morgan fingerprint density at radius 3 is 1.12 bits per heavy atom. The van der Waals surface area contributed by atoms with E-state index in [0.29, 0.717) is 6.61 Å². The number of unbranched alkanes of at least 4 members (excludes halogenated alkanes) is 18. The zero-order chi connectivity index (χ0) is 18.3. The van der Waals surface area contributed by atoms with Gasteiger partial charge in [-0.25, -0.2) is 0 Å². The van der Waals surface area contributed by atoms with Crippen LogP contribution in [0.1, 0.15) is 128 Å². The van der Waals surface area contributed by atoms with Crippen LogP contribution in [-0.2, 0) is 0 Å². The minimum absolute atomic E-state index is 0.361. The molecule has 0 unspecified atom stereocenters. The van der Waals surface area contributed by atoms with Crippen molar-refractivity contribution in [2.75, 3.05) is 6.61 Å². The molecule has 0 aliphatic rings. The van der Waals surface area contributed by atoms with Crippen molar-refractivity contribution < 1.29 is 5.11 Å². The van der Waals surface area contributed by atoms with E-state index in [4.69, 9.17) is 5.11 Å². The lowest BCUT2D eigenvalue weighted by Crippen LogP contribution is -1.83. The summed E-state index contributed by atoms with van der Waals surface area (Å²) in [6.45, 7) is 4.26. The number of aliphatic hydroxyl groups excluding tert-OH is 1. The molecule has 0 bridgehead atoms. The Morgan fingerprint density at radius 1 is 0.440 bits per heavy atom. The quantitative estimate of drug-likeness (QED) is 0.163. The fourth-order valence-corrected chi connectivity index (χ4v) is 3.35. The van der Waals surface area contributed by atoms with Crippen molar-refractivity contribution in [1.82, 2.24) is 0 Å². The van der Waals surface area contributed by atoms with Gasteiger partial charge in [0.15, 0.2) is 0 Å². The first-order chi connectivity index (χ1) is 12.4. The van der Waals surface area contributed by atoms with Crippen LogP contribution in [0.5, 0.6) is 0 Å². The lowest BCUT2D eigenvalue weighted by atomic mass is 10.0. The van der Waals surface area contributed by atoms with E-state index in [-0.39, 0.29) is 0 Å². The van der Waals surface area contributed by atoms with E-state index in [9.17, 15) is 0 Å². The maximum atomic E-state index is 8.71. The van der Waals surface area contributed by atoms with E-state index in [1.807, 2.05) is 0 Å². The highest BCUT2D eigenvalue weighted by atomic mass is 16.2. The normalized spacial score (nSPS) is 11.6. The van der Waals surface area contributed by atoms with Gasteiger partial charge in [-0.05, 0) is 32.1 Å². The van der Waals surface area contributed by atoms with E-state index in [1.54, 1.807) is 0 Å². The molecule has 0 atom stereocenters. The van der Waals surface area contributed by atoms with Gasteiger partial charge in [0.05, 0.1) is 0 Å². The topological polar surface area (TPSA) is 20.2 Å². The molecule has 0 saturated heterocycles. The summed E-state index contributed by atoms with van der Waals surface area (Å²) in [7, 11) is 0. The lowest BCUT2D eigenvalue weighted by molar-refractivity contribution is 0.282. The van der Waals surface area contributed by atoms with Crippen LogP contribution in [0.3, 0.4) is 0 Å². The van der Waals surface area contributed by atoms with Crippen LogP contribution in [0, 0.1) is 6.92 Å². The first kappa shape index (κ1) is 24.7. The molecule has 0 heterocycles. The van der Waals surface area contributed by atoms with Gasteiger partial charge in [0, 0.05) is 6.61 Å². The van der Waals surface area contributed by atoms with Crippen LogP contribution in [0.25, 0.3) is 0 Å². The van der Waals surface area contributed by atoms with Crippen molar-refractivity contribution in [2.45, 2.75) is 128 Å². The molecule has 0 aromatic heterocycles. The highest BCUT2D eigenvalue weighted by molar-refractivity contribution is 4.81. The second-order valence-electron chi connectivity index (χ2n) is 7.64. The second-order valence-corrected chi connectivity index (χ2v) is 7.64. The predicted molar refractivity (Wildman–Crippen MR) is 114 cm³/mol. The Morgan fingerprint density at radius 2 is 0.760 bits per heavy atom. The summed E-state index contributed by atoms with van der Waals surface area (Å²) in [5, 5.41) is 8.71. The Labute approximate surface area is 159 Å². The van der Waals surface area contributed by atoms with Crippen molar-refractivity contribution in [2.24, 2.45) is 0 Å². The molecule has 1 N–H and O–H groups in total. The third kappa shape index (κ3) is 23.7. The molecule has 0 amide bonds. The zero-order valence-corrected chi connectivity index (χ0v) is 17.2. The van der Waals surface area contributed by atoms with E-state index in [1.165, 1.54) is 116 Å². The molecule has 0 aliphatic heterocycles. The van der Waals surface area contributed by atoms with E-state index < -0.39 is 0 Å². The molecule has 25 heavy (non-hydrogen) atoms. The molecule has 0 fully saturated rings. The molecule has 0 aromatic carbocycles. The average Bonchev–Trinajstić information content (AvgIpc) is 2.63. The number of rotatable bonds is 21. The van der Waals surface area contributed by atoms with Crippen LogP contribution < -0.4 is 0 Å². The first-order valence-corrected chi connectivity index (χ1v) is 11.5. The van der Waals surface area contributed by atoms with Crippen molar-refractivity contribution in [3.05, 3.63) is 19.1 Å². The SMILES string of the molecule is [CH2]CCCCCCCCCCCCC/C=C\CCCCCCCCO. The van der Waals surface area contributed by atoms with Gasteiger partial charge in [-0.15, -0.1) is 0 Å². The van der Waals surface area contributed by atoms with Crippen molar-refractivity contribution in [1.29, 1.82) is 0 Å². The maximum Gasteiger partial charge on any atom is 0.0431 e. The molecule has 1 radical (unpaired) electrons. The summed E-state index contributed by atoms with van der Waals surface area (Å²) >= 11 is 0. The van der Waals surface area contributed by atoms with Gasteiger partial charge in [0.2, 0.25) is 0 Å². The average molecular weight is 352 g/mol. The minimum atomic E-state index is 0.361. The molecule has 0 aromatic rings. The van der Waals surface area contributed by atoms with Crippen molar-refractivity contribution in [3.8, 4) is 0 Å². The molecule has 149 valence electrons. The van der Waals surface area contributed by atoms with Gasteiger partial charge in [0.25, 0.3) is 0 Å². The Hall–Kier alpha value is -0.300. The molecular weight excluding hydrogens is 304 g/mol. The van der Waals surface area contributed by atoms with Crippen LogP contribution in [-0.4, -0.2) is 11.7 Å². The molecule has 0 rings (SSSR count). The van der Waals surface area contributed by atoms with Gasteiger partial charge in [-0.1, -0.05) is 115 Å². The largest absolute Gasteiger partial charge is 0.396 e. The maximum absolute atomic E-state index is 8.71. The minimum Gasteiger partial charge on any atom is -0.396 e. The Kier molecular flexibility index (Phi) is 23.4. The lowest BCUT2D eigenvalue weighted by Gasteiger charge is -2.02. The van der Waals surface area contributed by atoms with Crippen LogP contribution in [0.4, 0.5) is 0 Å². The van der Waals surface area contributed by atoms with Gasteiger partial charge in [0.1, 0.15) is 0 Å². The third-order valence-corrected chi connectivity index (χ3v) is 5.07. The van der Waals surface area contributed by atoms with Gasteiger partial charge < -0.3 is 5.11 Å².